The summed E-state index contributed by atoms with van der Waals surface area (Å²) in [5, 5.41) is 7.13. The quantitative estimate of drug-likeness (QED) is 0.822. The molecule has 2 amide bonds. The fourth-order valence-corrected chi connectivity index (χ4v) is 3.32. The standard InChI is InChI=1S/C18H24N6O2/c1-12-10-15(23(2)22-12)18(26)21-11-14-4-3-7-20-17(14)24-8-5-13(6-9-24)16(19)25/h3-4,7,10,13H,5-6,8-9,11H2,1-2H3,(H2,19,25)(H,21,26). The summed E-state index contributed by atoms with van der Waals surface area (Å²) in [4.78, 5) is 30.4. The van der Waals surface area contributed by atoms with Gasteiger partial charge in [0.05, 0.1) is 5.69 Å². The number of pyridine rings is 1. The van der Waals surface area contributed by atoms with Crippen LogP contribution in [-0.2, 0) is 18.4 Å². The van der Waals surface area contributed by atoms with Crippen LogP contribution in [0.2, 0.25) is 0 Å². The smallest absolute Gasteiger partial charge is 0.269 e. The first-order valence-electron chi connectivity index (χ1n) is 8.72. The van der Waals surface area contributed by atoms with E-state index >= 15 is 0 Å². The molecule has 2 aromatic heterocycles. The summed E-state index contributed by atoms with van der Waals surface area (Å²) in [6.07, 6.45) is 3.20. The van der Waals surface area contributed by atoms with Crippen molar-refractivity contribution >= 4 is 17.6 Å². The minimum atomic E-state index is -0.232. The molecule has 8 heteroatoms. The van der Waals surface area contributed by atoms with Gasteiger partial charge < -0.3 is 16.0 Å². The normalized spacial score (nSPS) is 15.1. The van der Waals surface area contributed by atoms with Crippen LogP contribution in [0.3, 0.4) is 0 Å². The van der Waals surface area contributed by atoms with E-state index in [4.69, 9.17) is 5.73 Å². The van der Waals surface area contributed by atoms with Gasteiger partial charge in [-0.15, -0.1) is 0 Å². The Bertz CT molecular complexity index is 808. The lowest BCUT2D eigenvalue weighted by molar-refractivity contribution is -0.122. The van der Waals surface area contributed by atoms with Crippen LogP contribution in [0.5, 0.6) is 0 Å². The minimum absolute atomic E-state index is 0.0637. The Kier molecular flexibility index (Phi) is 5.20. The van der Waals surface area contributed by atoms with Crippen LogP contribution >= 0.6 is 0 Å². The van der Waals surface area contributed by atoms with E-state index in [1.807, 2.05) is 19.1 Å². The maximum atomic E-state index is 12.4. The molecule has 3 heterocycles. The van der Waals surface area contributed by atoms with Gasteiger partial charge in [-0.05, 0) is 31.9 Å². The monoisotopic (exact) mass is 356 g/mol. The average Bonchev–Trinajstić information content (AvgIpc) is 2.98. The molecule has 0 unspecified atom stereocenters. The molecular formula is C18H24N6O2. The van der Waals surface area contributed by atoms with Gasteiger partial charge in [-0.2, -0.15) is 5.10 Å². The molecule has 3 N–H and O–H groups in total. The van der Waals surface area contributed by atoms with Crippen LogP contribution in [0.1, 0.15) is 34.6 Å². The maximum absolute atomic E-state index is 12.4. The van der Waals surface area contributed by atoms with E-state index in [9.17, 15) is 9.59 Å². The Morgan fingerprint density at radius 3 is 2.69 bits per heavy atom. The molecule has 1 aliphatic rings. The van der Waals surface area contributed by atoms with Gasteiger partial charge in [-0.25, -0.2) is 4.98 Å². The van der Waals surface area contributed by atoms with E-state index in [-0.39, 0.29) is 17.7 Å². The third kappa shape index (κ3) is 3.84. The Morgan fingerprint density at radius 1 is 1.35 bits per heavy atom. The summed E-state index contributed by atoms with van der Waals surface area (Å²) < 4.78 is 1.57. The third-order valence-corrected chi connectivity index (χ3v) is 4.74. The Labute approximate surface area is 152 Å². The Hall–Kier alpha value is -2.90. The number of nitrogens with one attached hydrogen (secondary N) is 1. The van der Waals surface area contributed by atoms with Gasteiger partial charge in [0.2, 0.25) is 5.91 Å². The molecule has 0 aromatic carbocycles. The van der Waals surface area contributed by atoms with E-state index in [0.717, 1.165) is 43.0 Å². The topological polar surface area (TPSA) is 106 Å². The fraction of sp³-hybridized carbons (Fsp3) is 0.444. The summed E-state index contributed by atoms with van der Waals surface area (Å²) in [6, 6.07) is 5.57. The third-order valence-electron chi connectivity index (χ3n) is 4.74. The molecule has 0 radical (unpaired) electrons. The van der Waals surface area contributed by atoms with E-state index in [1.165, 1.54) is 0 Å². The molecule has 0 aliphatic carbocycles. The predicted molar refractivity (Wildman–Crippen MR) is 97.5 cm³/mol. The predicted octanol–water partition coefficient (Wildman–Crippen LogP) is 0.755. The molecule has 2 aromatic rings. The molecule has 3 rings (SSSR count). The van der Waals surface area contributed by atoms with Crippen LogP contribution in [-0.4, -0.2) is 39.7 Å². The molecule has 1 aliphatic heterocycles. The SMILES string of the molecule is Cc1cc(C(=O)NCc2cccnc2N2CCC(C(N)=O)CC2)n(C)n1. The van der Waals surface area contributed by atoms with Gasteiger partial charge in [-0.1, -0.05) is 6.07 Å². The van der Waals surface area contributed by atoms with Gasteiger partial charge >= 0.3 is 0 Å². The molecule has 0 atom stereocenters. The molecule has 1 fully saturated rings. The van der Waals surface area contributed by atoms with Crippen molar-refractivity contribution in [2.24, 2.45) is 18.7 Å². The number of nitrogens with two attached hydrogens (primary N) is 1. The van der Waals surface area contributed by atoms with Gasteiger partial charge in [0, 0.05) is 44.4 Å². The lowest BCUT2D eigenvalue weighted by Crippen LogP contribution is -2.39. The number of anilines is 1. The van der Waals surface area contributed by atoms with Crippen LogP contribution in [0.25, 0.3) is 0 Å². The molecule has 0 spiro atoms. The number of rotatable bonds is 5. The lowest BCUT2D eigenvalue weighted by Gasteiger charge is -2.32. The first kappa shape index (κ1) is 17.9. The number of hydrogen-bond donors (Lipinski definition) is 2. The first-order valence-corrected chi connectivity index (χ1v) is 8.72. The zero-order valence-corrected chi connectivity index (χ0v) is 15.1. The maximum Gasteiger partial charge on any atom is 0.269 e. The number of carbonyl (C=O) groups excluding carboxylic acids is 2. The number of piperidine rings is 1. The van der Waals surface area contributed by atoms with Crippen LogP contribution in [0.15, 0.2) is 24.4 Å². The summed E-state index contributed by atoms with van der Waals surface area (Å²) in [7, 11) is 1.75. The highest BCUT2D eigenvalue weighted by Crippen LogP contribution is 2.24. The van der Waals surface area contributed by atoms with Crippen LogP contribution in [0.4, 0.5) is 5.82 Å². The first-order chi connectivity index (χ1) is 12.5. The van der Waals surface area contributed by atoms with Crippen molar-refractivity contribution in [3.8, 4) is 0 Å². The molecule has 1 saturated heterocycles. The number of primary amides is 1. The second-order valence-corrected chi connectivity index (χ2v) is 6.63. The number of aromatic nitrogens is 3. The molecule has 8 nitrogen and oxygen atoms in total. The van der Waals surface area contributed by atoms with Gasteiger partial charge in [0.15, 0.2) is 0 Å². The molecular weight excluding hydrogens is 332 g/mol. The molecule has 0 saturated carbocycles. The Morgan fingerprint density at radius 2 is 2.08 bits per heavy atom. The Balaban J connectivity index is 1.67. The zero-order chi connectivity index (χ0) is 18.7. The zero-order valence-electron chi connectivity index (χ0n) is 15.1. The number of nitrogens with zero attached hydrogens (tertiary/aromatic N) is 4. The van der Waals surface area contributed by atoms with E-state index in [1.54, 1.807) is 24.0 Å². The second kappa shape index (κ2) is 7.55. The highest BCUT2D eigenvalue weighted by Gasteiger charge is 2.25. The summed E-state index contributed by atoms with van der Waals surface area (Å²) >= 11 is 0. The van der Waals surface area contributed by atoms with Crippen molar-refractivity contribution in [2.75, 3.05) is 18.0 Å². The van der Waals surface area contributed by atoms with Crippen molar-refractivity contribution in [1.82, 2.24) is 20.1 Å². The summed E-state index contributed by atoms with van der Waals surface area (Å²) in [5.41, 5.74) is 7.67. The number of amides is 2. The lowest BCUT2D eigenvalue weighted by atomic mass is 9.96. The van der Waals surface area contributed by atoms with E-state index in [0.29, 0.717) is 12.2 Å². The summed E-state index contributed by atoms with van der Waals surface area (Å²) in [5.74, 6) is 0.378. The fourth-order valence-electron chi connectivity index (χ4n) is 3.32. The number of hydrogen-bond acceptors (Lipinski definition) is 5. The van der Waals surface area contributed by atoms with Crippen molar-refractivity contribution in [2.45, 2.75) is 26.3 Å². The number of carbonyl (C=O) groups is 2. The minimum Gasteiger partial charge on any atom is -0.369 e. The van der Waals surface area contributed by atoms with Gasteiger partial charge in [0.1, 0.15) is 11.5 Å². The van der Waals surface area contributed by atoms with Crippen LogP contribution < -0.4 is 16.0 Å². The van der Waals surface area contributed by atoms with Crippen molar-refractivity contribution in [1.29, 1.82) is 0 Å². The number of aryl methyl sites for hydroxylation is 2. The van der Waals surface area contributed by atoms with Crippen molar-refractivity contribution in [3.63, 3.8) is 0 Å². The van der Waals surface area contributed by atoms with Crippen molar-refractivity contribution < 1.29 is 9.59 Å². The van der Waals surface area contributed by atoms with E-state index in [2.05, 4.69) is 20.3 Å². The molecule has 0 bridgehead atoms. The molecule has 26 heavy (non-hydrogen) atoms. The largest absolute Gasteiger partial charge is 0.369 e. The molecule has 138 valence electrons. The van der Waals surface area contributed by atoms with Crippen molar-refractivity contribution in [3.05, 3.63) is 41.3 Å². The van der Waals surface area contributed by atoms with Gasteiger partial charge in [0.25, 0.3) is 5.91 Å². The van der Waals surface area contributed by atoms with Gasteiger partial charge in [-0.3, -0.25) is 14.3 Å². The second-order valence-electron chi connectivity index (χ2n) is 6.63. The highest BCUT2D eigenvalue weighted by atomic mass is 16.2. The average molecular weight is 356 g/mol. The highest BCUT2D eigenvalue weighted by molar-refractivity contribution is 5.92. The summed E-state index contributed by atoms with van der Waals surface area (Å²) in [6.45, 7) is 3.69. The van der Waals surface area contributed by atoms with E-state index < -0.39 is 0 Å². The van der Waals surface area contributed by atoms with Crippen LogP contribution in [0, 0.1) is 12.8 Å².